The highest BCUT2D eigenvalue weighted by Crippen LogP contribution is 2.26. The molecule has 1 unspecified atom stereocenters. The summed E-state index contributed by atoms with van der Waals surface area (Å²) in [5.41, 5.74) is -0.904. The SMILES string of the molecule is CC1(c2cccc(NC(=O)CCn3c(=O)[nH]c(=O)c4ccccc43)c2)NC(=O)NC1=O. The normalized spacial score (nSPS) is 18.0. The minimum Gasteiger partial charge on any atom is -0.326 e. The van der Waals surface area contributed by atoms with Gasteiger partial charge in [0.15, 0.2) is 0 Å². The molecule has 10 heteroatoms. The summed E-state index contributed by atoms with van der Waals surface area (Å²) < 4.78 is 1.34. The number of hydrogen-bond acceptors (Lipinski definition) is 5. The molecule has 2 aromatic carbocycles. The van der Waals surface area contributed by atoms with Gasteiger partial charge in [-0.05, 0) is 36.8 Å². The maximum atomic E-state index is 12.5. The van der Waals surface area contributed by atoms with Gasteiger partial charge in [0.2, 0.25) is 5.91 Å². The van der Waals surface area contributed by atoms with Crippen molar-refractivity contribution < 1.29 is 14.4 Å². The Kier molecular flexibility index (Phi) is 4.90. The summed E-state index contributed by atoms with van der Waals surface area (Å²) >= 11 is 0. The zero-order valence-corrected chi connectivity index (χ0v) is 16.5. The van der Waals surface area contributed by atoms with Crippen molar-refractivity contribution in [3.05, 3.63) is 74.9 Å². The van der Waals surface area contributed by atoms with Crippen molar-refractivity contribution in [2.75, 3.05) is 5.32 Å². The van der Waals surface area contributed by atoms with Gasteiger partial charge >= 0.3 is 11.7 Å². The first kappa shape index (κ1) is 20.1. The molecule has 31 heavy (non-hydrogen) atoms. The summed E-state index contributed by atoms with van der Waals surface area (Å²) in [6.07, 6.45) is -0.0192. The van der Waals surface area contributed by atoms with Crippen LogP contribution in [0.15, 0.2) is 58.1 Å². The summed E-state index contributed by atoms with van der Waals surface area (Å²) in [5.74, 6) is -0.838. The fraction of sp³-hybridized carbons (Fsp3) is 0.190. The first-order valence-electron chi connectivity index (χ1n) is 9.54. The number of benzene rings is 2. The van der Waals surface area contributed by atoms with E-state index in [4.69, 9.17) is 0 Å². The Labute approximate surface area is 175 Å². The third-order valence-electron chi connectivity index (χ3n) is 5.24. The Balaban J connectivity index is 1.50. The predicted molar refractivity (Wildman–Crippen MR) is 113 cm³/mol. The van der Waals surface area contributed by atoms with E-state index in [1.54, 1.807) is 55.5 Å². The Hall–Kier alpha value is -4.21. The molecule has 0 aliphatic carbocycles. The summed E-state index contributed by atoms with van der Waals surface area (Å²) in [7, 11) is 0. The number of carbonyl (C=O) groups is 3. The van der Waals surface area contributed by atoms with E-state index in [2.05, 4.69) is 20.9 Å². The molecule has 0 bridgehead atoms. The third-order valence-corrected chi connectivity index (χ3v) is 5.24. The molecule has 0 saturated carbocycles. The molecule has 1 aromatic heterocycles. The van der Waals surface area contributed by atoms with E-state index in [1.807, 2.05) is 0 Å². The smallest absolute Gasteiger partial charge is 0.326 e. The number of fused-ring (bicyclic) bond motifs is 1. The second-order valence-corrected chi connectivity index (χ2v) is 7.34. The van der Waals surface area contributed by atoms with Crippen LogP contribution < -0.4 is 27.2 Å². The molecular weight excluding hydrogens is 402 g/mol. The zero-order chi connectivity index (χ0) is 22.2. The quantitative estimate of drug-likeness (QED) is 0.450. The van der Waals surface area contributed by atoms with Crippen molar-refractivity contribution in [2.45, 2.75) is 25.4 Å². The van der Waals surface area contributed by atoms with Crippen LogP contribution in [0, 0.1) is 0 Å². The van der Waals surface area contributed by atoms with Gasteiger partial charge in [0.05, 0.1) is 10.9 Å². The van der Waals surface area contributed by atoms with Crippen molar-refractivity contribution in [2.24, 2.45) is 0 Å². The zero-order valence-electron chi connectivity index (χ0n) is 16.5. The maximum absolute atomic E-state index is 12.5. The number of aromatic nitrogens is 2. The number of nitrogens with zero attached hydrogens (tertiary/aromatic N) is 1. The summed E-state index contributed by atoms with van der Waals surface area (Å²) in [5, 5.41) is 7.86. The number of H-pyrrole nitrogens is 1. The Morgan fingerprint density at radius 1 is 1.06 bits per heavy atom. The highest BCUT2D eigenvalue weighted by atomic mass is 16.2. The van der Waals surface area contributed by atoms with Gasteiger partial charge in [-0.25, -0.2) is 9.59 Å². The number of amides is 4. The second-order valence-electron chi connectivity index (χ2n) is 7.34. The van der Waals surface area contributed by atoms with Crippen molar-refractivity contribution in [3.8, 4) is 0 Å². The Bertz CT molecular complexity index is 1340. The lowest BCUT2D eigenvalue weighted by Crippen LogP contribution is -2.40. The number of hydrogen-bond donors (Lipinski definition) is 4. The molecule has 4 amide bonds. The van der Waals surface area contributed by atoms with Crippen LogP contribution in [-0.4, -0.2) is 27.4 Å². The fourth-order valence-electron chi connectivity index (χ4n) is 3.56. The lowest BCUT2D eigenvalue weighted by molar-refractivity contribution is -0.123. The van der Waals surface area contributed by atoms with Crippen molar-refractivity contribution in [1.82, 2.24) is 20.2 Å². The number of rotatable bonds is 5. The van der Waals surface area contributed by atoms with Gasteiger partial charge in [-0.1, -0.05) is 24.3 Å². The lowest BCUT2D eigenvalue weighted by Gasteiger charge is -2.21. The minimum atomic E-state index is -1.24. The number of urea groups is 1. The van der Waals surface area contributed by atoms with Gasteiger partial charge in [0, 0.05) is 18.7 Å². The molecule has 0 radical (unpaired) electrons. The molecule has 1 saturated heterocycles. The van der Waals surface area contributed by atoms with Crippen LogP contribution in [0.25, 0.3) is 10.9 Å². The van der Waals surface area contributed by atoms with Crippen LogP contribution in [0.4, 0.5) is 10.5 Å². The molecule has 0 spiro atoms. The molecule has 1 fully saturated rings. The first-order valence-corrected chi connectivity index (χ1v) is 9.54. The van der Waals surface area contributed by atoms with E-state index in [0.717, 1.165) is 0 Å². The lowest BCUT2D eigenvalue weighted by atomic mass is 9.92. The molecule has 158 valence electrons. The number of imide groups is 1. The Morgan fingerprint density at radius 3 is 2.58 bits per heavy atom. The molecule has 10 nitrogen and oxygen atoms in total. The predicted octanol–water partition coefficient (Wildman–Crippen LogP) is 0.773. The van der Waals surface area contributed by atoms with E-state index in [0.29, 0.717) is 22.2 Å². The molecule has 1 atom stereocenters. The van der Waals surface area contributed by atoms with Crippen LogP contribution in [0.5, 0.6) is 0 Å². The standard InChI is InChI=1S/C21H19N5O5/c1-21(18(29)24-19(30)25-21)12-5-4-6-13(11-12)22-16(27)9-10-26-15-8-3-2-7-14(15)17(28)23-20(26)31/h2-8,11H,9-10H2,1H3,(H,22,27)(H,23,28,31)(H2,24,25,29,30). The fourth-order valence-corrected chi connectivity index (χ4v) is 3.56. The van der Waals surface area contributed by atoms with Crippen molar-refractivity contribution >= 4 is 34.4 Å². The van der Waals surface area contributed by atoms with E-state index in [9.17, 15) is 24.0 Å². The van der Waals surface area contributed by atoms with Gasteiger partial charge in [0.1, 0.15) is 5.54 Å². The number of nitrogens with one attached hydrogen (secondary N) is 4. The van der Waals surface area contributed by atoms with Crippen LogP contribution in [-0.2, 0) is 21.7 Å². The average molecular weight is 421 g/mol. The van der Waals surface area contributed by atoms with E-state index < -0.39 is 28.7 Å². The molecule has 2 heterocycles. The molecule has 4 rings (SSSR count). The number of carbonyl (C=O) groups excluding carboxylic acids is 3. The maximum Gasteiger partial charge on any atom is 0.328 e. The van der Waals surface area contributed by atoms with Gasteiger partial charge in [-0.3, -0.25) is 29.3 Å². The van der Waals surface area contributed by atoms with E-state index in [-0.39, 0.29) is 18.9 Å². The first-order chi connectivity index (χ1) is 14.8. The number of anilines is 1. The van der Waals surface area contributed by atoms with Gasteiger partial charge in [-0.2, -0.15) is 0 Å². The van der Waals surface area contributed by atoms with Gasteiger partial charge in [-0.15, -0.1) is 0 Å². The summed E-state index contributed by atoms with van der Waals surface area (Å²) in [4.78, 5) is 62.5. The second kappa shape index (κ2) is 7.56. The van der Waals surface area contributed by atoms with E-state index >= 15 is 0 Å². The minimum absolute atomic E-state index is 0.0192. The van der Waals surface area contributed by atoms with Crippen LogP contribution in [0.2, 0.25) is 0 Å². The molecule has 4 N–H and O–H groups in total. The summed E-state index contributed by atoms with van der Waals surface area (Å²) in [6, 6.07) is 12.7. The highest BCUT2D eigenvalue weighted by molar-refractivity contribution is 6.07. The largest absolute Gasteiger partial charge is 0.328 e. The third kappa shape index (κ3) is 3.70. The molecule has 1 aliphatic rings. The van der Waals surface area contributed by atoms with Crippen LogP contribution >= 0.6 is 0 Å². The van der Waals surface area contributed by atoms with Gasteiger partial charge < -0.3 is 10.6 Å². The summed E-state index contributed by atoms with van der Waals surface area (Å²) in [6.45, 7) is 1.64. The van der Waals surface area contributed by atoms with Crippen molar-refractivity contribution in [1.29, 1.82) is 0 Å². The topological polar surface area (TPSA) is 142 Å². The monoisotopic (exact) mass is 421 g/mol. The molecule has 1 aliphatic heterocycles. The molecular formula is C21H19N5O5. The van der Waals surface area contributed by atoms with E-state index in [1.165, 1.54) is 4.57 Å². The van der Waals surface area contributed by atoms with Crippen LogP contribution in [0.3, 0.4) is 0 Å². The number of aryl methyl sites for hydroxylation is 1. The average Bonchev–Trinajstić information content (AvgIpc) is 3.00. The highest BCUT2D eigenvalue weighted by Gasteiger charge is 2.43. The van der Waals surface area contributed by atoms with Gasteiger partial charge in [0.25, 0.3) is 11.5 Å². The van der Waals surface area contributed by atoms with Crippen molar-refractivity contribution in [3.63, 3.8) is 0 Å². The number of aromatic amines is 1. The Morgan fingerprint density at radius 2 is 1.84 bits per heavy atom. The number of para-hydroxylation sites is 1. The molecule has 3 aromatic rings. The van der Waals surface area contributed by atoms with Crippen LogP contribution in [0.1, 0.15) is 18.9 Å².